The number of nitrogens with zero attached hydrogens (tertiary/aromatic N) is 3. The van der Waals surface area contributed by atoms with Crippen LogP contribution in [0.1, 0.15) is 0 Å². The van der Waals surface area contributed by atoms with Crippen LogP contribution < -0.4 is 11.2 Å². The average molecular weight is 256 g/mol. The van der Waals surface area contributed by atoms with Crippen LogP contribution in [0.5, 0.6) is 0 Å². The molecule has 0 aliphatic heterocycles. The van der Waals surface area contributed by atoms with Gasteiger partial charge < -0.3 is 0 Å². The summed E-state index contributed by atoms with van der Waals surface area (Å²) in [4.78, 5) is 24.1. The fourth-order valence-corrected chi connectivity index (χ4v) is 2.16. The van der Waals surface area contributed by atoms with Crippen molar-refractivity contribution >= 4 is 11.0 Å². The molecule has 0 aliphatic carbocycles. The Balaban J connectivity index is 2.49. The van der Waals surface area contributed by atoms with Gasteiger partial charge in [-0.15, -0.1) is 0 Å². The zero-order valence-electron chi connectivity index (χ0n) is 10.5. The molecule has 96 valence electrons. The Bertz CT molecular complexity index is 871. The summed E-state index contributed by atoms with van der Waals surface area (Å²) in [5, 5.41) is 7.35. The highest BCUT2D eigenvalue weighted by Crippen LogP contribution is 2.22. The molecule has 0 spiro atoms. The Morgan fingerprint density at radius 1 is 1.05 bits per heavy atom. The largest absolute Gasteiger partial charge is 0.332 e. The van der Waals surface area contributed by atoms with Gasteiger partial charge in [0.15, 0.2) is 5.65 Å². The molecule has 19 heavy (non-hydrogen) atoms. The van der Waals surface area contributed by atoms with E-state index in [0.717, 1.165) is 10.1 Å². The summed E-state index contributed by atoms with van der Waals surface area (Å²) in [6.45, 7) is 0. The number of aromatic amines is 1. The minimum Gasteiger partial charge on any atom is -0.279 e. The summed E-state index contributed by atoms with van der Waals surface area (Å²) in [7, 11) is 3.06. The zero-order chi connectivity index (χ0) is 13.6. The van der Waals surface area contributed by atoms with Gasteiger partial charge in [0.05, 0.1) is 5.69 Å². The zero-order valence-corrected chi connectivity index (χ0v) is 10.5. The van der Waals surface area contributed by atoms with Gasteiger partial charge in [-0.3, -0.25) is 19.0 Å². The summed E-state index contributed by atoms with van der Waals surface area (Å²) < 4.78 is 2.45. The molecule has 3 aromatic rings. The number of fused-ring (bicyclic) bond motifs is 1. The van der Waals surface area contributed by atoms with Crippen LogP contribution in [0.25, 0.3) is 22.3 Å². The number of aryl methyl sites for hydroxylation is 1. The number of H-pyrrole nitrogens is 1. The second-order valence-electron chi connectivity index (χ2n) is 4.37. The van der Waals surface area contributed by atoms with Gasteiger partial charge in [0, 0.05) is 19.7 Å². The van der Waals surface area contributed by atoms with E-state index in [2.05, 4.69) is 10.2 Å². The van der Waals surface area contributed by atoms with E-state index in [0.29, 0.717) is 16.7 Å². The molecular weight excluding hydrogens is 244 g/mol. The van der Waals surface area contributed by atoms with Gasteiger partial charge in [0.2, 0.25) is 0 Å². The number of aromatic nitrogens is 4. The van der Waals surface area contributed by atoms with E-state index in [1.807, 2.05) is 30.3 Å². The Morgan fingerprint density at radius 2 is 1.74 bits per heavy atom. The Labute approximate surface area is 107 Å². The maximum absolute atomic E-state index is 12.2. The lowest BCUT2D eigenvalue weighted by Gasteiger charge is -2.03. The molecule has 6 heteroatoms. The van der Waals surface area contributed by atoms with Crippen LogP contribution in [0.2, 0.25) is 0 Å². The third-order valence-corrected chi connectivity index (χ3v) is 3.22. The van der Waals surface area contributed by atoms with E-state index < -0.39 is 0 Å². The van der Waals surface area contributed by atoms with Crippen LogP contribution in [0, 0.1) is 0 Å². The average Bonchev–Trinajstić information content (AvgIpc) is 2.88. The van der Waals surface area contributed by atoms with Crippen LogP contribution in [-0.2, 0) is 14.1 Å². The third-order valence-electron chi connectivity index (χ3n) is 3.22. The molecule has 0 atom stereocenters. The smallest absolute Gasteiger partial charge is 0.279 e. The standard InChI is InChI=1S/C13H12N4O2/c1-16-11-9(12(18)17(2)13(16)19)10(14-15-11)8-6-4-3-5-7-8/h3-7H,1-2H3,(H,14,15). The van der Waals surface area contributed by atoms with Crippen LogP contribution in [0.4, 0.5) is 0 Å². The van der Waals surface area contributed by atoms with E-state index in [-0.39, 0.29) is 11.2 Å². The van der Waals surface area contributed by atoms with Crippen molar-refractivity contribution in [3.8, 4) is 11.3 Å². The lowest BCUT2D eigenvalue weighted by Crippen LogP contribution is -2.36. The monoisotopic (exact) mass is 256 g/mol. The minimum absolute atomic E-state index is 0.342. The van der Waals surface area contributed by atoms with Crippen molar-refractivity contribution in [2.24, 2.45) is 14.1 Å². The molecule has 0 saturated carbocycles. The van der Waals surface area contributed by atoms with E-state index in [1.54, 1.807) is 7.05 Å². The van der Waals surface area contributed by atoms with Crippen LogP contribution >= 0.6 is 0 Å². The number of nitrogens with one attached hydrogen (secondary N) is 1. The first-order valence-corrected chi connectivity index (χ1v) is 5.80. The second-order valence-corrected chi connectivity index (χ2v) is 4.37. The Hall–Kier alpha value is -2.63. The summed E-state index contributed by atoms with van der Waals surface area (Å²) in [6, 6.07) is 9.44. The molecular formula is C13H12N4O2. The first kappa shape index (κ1) is 11.5. The second kappa shape index (κ2) is 3.94. The SMILES string of the molecule is Cn1c(=O)c2c(-c3ccccc3)[nH]nc2n(C)c1=O. The van der Waals surface area contributed by atoms with Crippen molar-refractivity contribution in [3.05, 3.63) is 51.2 Å². The lowest BCUT2D eigenvalue weighted by molar-refractivity contribution is 0.708. The molecule has 0 aliphatic rings. The molecule has 0 bridgehead atoms. The number of hydrogen-bond donors (Lipinski definition) is 1. The summed E-state index contributed by atoms with van der Waals surface area (Å²) in [6.07, 6.45) is 0. The molecule has 3 rings (SSSR count). The highest BCUT2D eigenvalue weighted by atomic mass is 16.2. The van der Waals surface area contributed by atoms with Crippen LogP contribution in [0.3, 0.4) is 0 Å². The van der Waals surface area contributed by atoms with E-state index >= 15 is 0 Å². The fraction of sp³-hybridized carbons (Fsp3) is 0.154. The van der Waals surface area contributed by atoms with E-state index in [4.69, 9.17) is 0 Å². The van der Waals surface area contributed by atoms with Crippen LogP contribution in [0.15, 0.2) is 39.9 Å². The molecule has 1 aromatic carbocycles. The normalized spacial score (nSPS) is 11.1. The molecule has 6 nitrogen and oxygen atoms in total. The van der Waals surface area contributed by atoms with Gasteiger partial charge in [0.25, 0.3) is 5.56 Å². The van der Waals surface area contributed by atoms with Gasteiger partial charge >= 0.3 is 5.69 Å². The fourth-order valence-electron chi connectivity index (χ4n) is 2.16. The van der Waals surface area contributed by atoms with Crippen molar-refractivity contribution < 1.29 is 0 Å². The molecule has 1 N–H and O–H groups in total. The summed E-state index contributed by atoms with van der Waals surface area (Å²) >= 11 is 0. The molecule has 0 unspecified atom stereocenters. The molecule has 0 amide bonds. The van der Waals surface area contributed by atoms with Gasteiger partial charge in [-0.2, -0.15) is 5.10 Å². The highest BCUT2D eigenvalue weighted by molar-refractivity contribution is 5.90. The Morgan fingerprint density at radius 3 is 2.42 bits per heavy atom. The summed E-state index contributed by atoms with van der Waals surface area (Å²) in [5.74, 6) is 0. The van der Waals surface area contributed by atoms with Gasteiger partial charge in [-0.1, -0.05) is 30.3 Å². The third kappa shape index (κ3) is 1.53. The summed E-state index contributed by atoms with van der Waals surface area (Å²) in [5.41, 5.74) is 1.13. The van der Waals surface area contributed by atoms with Crippen molar-refractivity contribution in [1.29, 1.82) is 0 Å². The predicted molar refractivity (Wildman–Crippen MR) is 72.0 cm³/mol. The predicted octanol–water partition coefficient (Wildman–Crippen LogP) is 0.627. The van der Waals surface area contributed by atoms with Gasteiger partial charge in [0.1, 0.15) is 5.39 Å². The molecule has 2 aromatic heterocycles. The number of rotatable bonds is 1. The van der Waals surface area contributed by atoms with Crippen molar-refractivity contribution in [3.63, 3.8) is 0 Å². The van der Waals surface area contributed by atoms with E-state index in [1.165, 1.54) is 11.6 Å². The van der Waals surface area contributed by atoms with E-state index in [9.17, 15) is 9.59 Å². The number of hydrogen-bond acceptors (Lipinski definition) is 3. The van der Waals surface area contributed by atoms with Crippen molar-refractivity contribution in [2.45, 2.75) is 0 Å². The van der Waals surface area contributed by atoms with Gasteiger partial charge in [-0.25, -0.2) is 4.79 Å². The van der Waals surface area contributed by atoms with Crippen molar-refractivity contribution in [2.75, 3.05) is 0 Å². The lowest BCUT2D eigenvalue weighted by atomic mass is 10.1. The quantitative estimate of drug-likeness (QED) is 0.694. The first-order valence-electron chi connectivity index (χ1n) is 5.80. The van der Waals surface area contributed by atoms with Gasteiger partial charge in [-0.05, 0) is 0 Å². The maximum Gasteiger partial charge on any atom is 0.332 e. The Kier molecular flexibility index (Phi) is 2.38. The maximum atomic E-state index is 12.2. The first-order chi connectivity index (χ1) is 9.11. The van der Waals surface area contributed by atoms with Crippen molar-refractivity contribution in [1.82, 2.24) is 19.3 Å². The number of benzene rings is 1. The topological polar surface area (TPSA) is 72.7 Å². The highest BCUT2D eigenvalue weighted by Gasteiger charge is 2.16. The van der Waals surface area contributed by atoms with Crippen LogP contribution in [-0.4, -0.2) is 19.3 Å². The molecule has 2 heterocycles. The molecule has 0 saturated heterocycles. The minimum atomic E-state index is -0.386. The molecule has 0 fully saturated rings. The molecule has 0 radical (unpaired) electrons.